The van der Waals surface area contributed by atoms with Crippen LogP contribution in [0.5, 0.6) is 0 Å². The maximum atomic E-state index is 13.0. The number of aryl methyl sites for hydroxylation is 2. The number of amides is 1. The molecule has 1 aliphatic rings. The molecule has 0 bridgehead atoms. The number of aliphatic carboxylic acids is 1. The number of rotatable bonds is 6. The SMILES string of the molecule is Cc1ccc(C2CC(c3cccc(C)c3-c3ccc(Cl)cc3)=NN2C(=O)CCC(=O)O)cc1. The second-order valence-corrected chi connectivity index (χ2v) is 8.75. The summed E-state index contributed by atoms with van der Waals surface area (Å²) in [4.78, 5) is 24.0. The van der Waals surface area contributed by atoms with E-state index in [9.17, 15) is 9.59 Å². The van der Waals surface area contributed by atoms with Crippen LogP contribution in [-0.2, 0) is 9.59 Å². The first kappa shape index (κ1) is 22.7. The van der Waals surface area contributed by atoms with Gasteiger partial charge >= 0.3 is 5.97 Å². The summed E-state index contributed by atoms with van der Waals surface area (Å²) in [5.41, 5.74) is 7.04. The van der Waals surface area contributed by atoms with Crippen LogP contribution in [-0.4, -0.2) is 27.7 Å². The van der Waals surface area contributed by atoms with Gasteiger partial charge in [-0.25, -0.2) is 5.01 Å². The van der Waals surface area contributed by atoms with Crippen molar-refractivity contribution in [1.29, 1.82) is 0 Å². The average Bonchev–Trinajstić information content (AvgIpc) is 3.24. The molecular weight excluding hydrogens is 436 g/mol. The lowest BCUT2D eigenvalue weighted by Gasteiger charge is -2.22. The number of carboxylic acids is 1. The maximum absolute atomic E-state index is 13.0. The van der Waals surface area contributed by atoms with Crippen LogP contribution < -0.4 is 0 Å². The molecule has 1 N–H and O–H groups in total. The highest BCUT2D eigenvalue weighted by Gasteiger charge is 2.34. The van der Waals surface area contributed by atoms with Crippen molar-refractivity contribution in [3.63, 3.8) is 0 Å². The van der Waals surface area contributed by atoms with Gasteiger partial charge in [0.2, 0.25) is 5.91 Å². The molecule has 168 valence electrons. The molecule has 1 aliphatic heterocycles. The lowest BCUT2D eigenvalue weighted by molar-refractivity contribution is -0.141. The van der Waals surface area contributed by atoms with Crippen LogP contribution in [0.1, 0.15) is 47.6 Å². The van der Waals surface area contributed by atoms with E-state index in [0.29, 0.717) is 11.4 Å². The van der Waals surface area contributed by atoms with Crippen LogP contribution in [0.4, 0.5) is 0 Å². The minimum atomic E-state index is -0.998. The van der Waals surface area contributed by atoms with Gasteiger partial charge in [0.05, 0.1) is 18.2 Å². The number of benzene rings is 3. The highest BCUT2D eigenvalue weighted by molar-refractivity contribution is 6.30. The van der Waals surface area contributed by atoms with Gasteiger partial charge in [-0.1, -0.05) is 71.8 Å². The van der Waals surface area contributed by atoms with Crippen molar-refractivity contribution in [2.75, 3.05) is 0 Å². The molecule has 1 amide bonds. The summed E-state index contributed by atoms with van der Waals surface area (Å²) in [7, 11) is 0. The number of hydrazone groups is 1. The van der Waals surface area contributed by atoms with Gasteiger partial charge in [0.1, 0.15) is 0 Å². The molecule has 0 aromatic heterocycles. The molecule has 0 aliphatic carbocycles. The van der Waals surface area contributed by atoms with Gasteiger partial charge in [0.25, 0.3) is 0 Å². The van der Waals surface area contributed by atoms with Crippen LogP contribution in [0.25, 0.3) is 11.1 Å². The van der Waals surface area contributed by atoms with E-state index >= 15 is 0 Å². The summed E-state index contributed by atoms with van der Waals surface area (Å²) in [5.74, 6) is -1.29. The van der Waals surface area contributed by atoms with E-state index in [2.05, 4.69) is 13.0 Å². The Morgan fingerprint density at radius 1 is 1.00 bits per heavy atom. The number of halogens is 1. The van der Waals surface area contributed by atoms with E-state index in [1.54, 1.807) is 0 Å². The van der Waals surface area contributed by atoms with Gasteiger partial charge in [-0.3, -0.25) is 9.59 Å². The summed E-state index contributed by atoms with van der Waals surface area (Å²) in [6, 6.07) is 21.5. The Kier molecular flexibility index (Phi) is 6.61. The Balaban J connectivity index is 1.76. The second kappa shape index (κ2) is 9.59. The summed E-state index contributed by atoms with van der Waals surface area (Å²) in [6.07, 6.45) is 0.236. The van der Waals surface area contributed by atoms with E-state index in [0.717, 1.165) is 39.1 Å². The Labute approximate surface area is 198 Å². The molecule has 5 nitrogen and oxygen atoms in total. The van der Waals surface area contributed by atoms with E-state index < -0.39 is 5.97 Å². The third-order valence-corrected chi connectivity index (χ3v) is 6.15. The first-order valence-corrected chi connectivity index (χ1v) is 11.2. The van der Waals surface area contributed by atoms with Crippen LogP contribution >= 0.6 is 11.6 Å². The zero-order valence-electron chi connectivity index (χ0n) is 18.6. The van der Waals surface area contributed by atoms with Crippen molar-refractivity contribution >= 4 is 29.2 Å². The smallest absolute Gasteiger partial charge is 0.303 e. The molecule has 0 saturated carbocycles. The molecule has 33 heavy (non-hydrogen) atoms. The molecule has 1 unspecified atom stereocenters. The monoisotopic (exact) mass is 460 g/mol. The molecule has 3 aromatic carbocycles. The predicted molar refractivity (Wildman–Crippen MR) is 130 cm³/mol. The van der Waals surface area contributed by atoms with Gasteiger partial charge in [-0.2, -0.15) is 5.10 Å². The summed E-state index contributed by atoms with van der Waals surface area (Å²) >= 11 is 6.10. The molecule has 4 rings (SSSR count). The Bertz CT molecular complexity index is 1220. The van der Waals surface area contributed by atoms with Crippen LogP contribution in [0, 0.1) is 13.8 Å². The molecule has 3 aromatic rings. The summed E-state index contributed by atoms with van der Waals surface area (Å²) in [6.45, 7) is 4.07. The number of carbonyl (C=O) groups is 2. The average molecular weight is 461 g/mol. The van der Waals surface area contributed by atoms with E-state index in [4.69, 9.17) is 21.8 Å². The van der Waals surface area contributed by atoms with Crippen molar-refractivity contribution in [3.8, 4) is 11.1 Å². The zero-order valence-corrected chi connectivity index (χ0v) is 19.3. The fourth-order valence-electron chi connectivity index (χ4n) is 4.19. The first-order chi connectivity index (χ1) is 15.8. The van der Waals surface area contributed by atoms with Crippen molar-refractivity contribution in [1.82, 2.24) is 5.01 Å². The van der Waals surface area contributed by atoms with E-state index in [1.807, 2.05) is 67.6 Å². The van der Waals surface area contributed by atoms with Crippen molar-refractivity contribution in [2.24, 2.45) is 5.10 Å². The number of hydrogen-bond acceptors (Lipinski definition) is 3. The van der Waals surface area contributed by atoms with Crippen LogP contribution in [0.3, 0.4) is 0 Å². The van der Waals surface area contributed by atoms with Gasteiger partial charge in [0, 0.05) is 23.4 Å². The third kappa shape index (κ3) is 4.99. The fourth-order valence-corrected chi connectivity index (χ4v) is 4.31. The van der Waals surface area contributed by atoms with Gasteiger partial charge in [-0.05, 0) is 48.2 Å². The molecule has 0 radical (unpaired) electrons. The maximum Gasteiger partial charge on any atom is 0.303 e. The molecule has 0 spiro atoms. The highest BCUT2D eigenvalue weighted by Crippen LogP contribution is 2.37. The minimum Gasteiger partial charge on any atom is -0.481 e. The topological polar surface area (TPSA) is 70.0 Å². The van der Waals surface area contributed by atoms with Gasteiger partial charge < -0.3 is 5.11 Å². The molecule has 0 fully saturated rings. The second-order valence-electron chi connectivity index (χ2n) is 8.31. The molecule has 0 saturated heterocycles. The Hall–Kier alpha value is -3.44. The lowest BCUT2D eigenvalue weighted by Crippen LogP contribution is -2.27. The van der Waals surface area contributed by atoms with Crippen molar-refractivity contribution < 1.29 is 14.7 Å². The minimum absolute atomic E-state index is 0.0909. The summed E-state index contributed by atoms with van der Waals surface area (Å²) in [5, 5.41) is 15.9. The predicted octanol–water partition coefficient (Wildman–Crippen LogP) is 6.17. The first-order valence-electron chi connectivity index (χ1n) is 10.9. The molecule has 1 atom stereocenters. The quantitative estimate of drug-likeness (QED) is 0.478. The largest absolute Gasteiger partial charge is 0.481 e. The number of hydrogen-bond donors (Lipinski definition) is 1. The normalized spacial score (nSPS) is 15.4. The Morgan fingerprint density at radius 3 is 2.36 bits per heavy atom. The number of carbonyl (C=O) groups excluding carboxylic acids is 1. The van der Waals surface area contributed by atoms with Crippen molar-refractivity contribution in [3.05, 3.63) is 94.0 Å². The summed E-state index contributed by atoms with van der Waals surface area (Å²) < 4.78 is 0. The molecule has 6 heteroatoms. The van der Waals surface area contributed by atoms with Gasteiger partial charge in [-0.15, -0.1) is 0 Å². The van der Waals surface area contributed by atoms with Crippen LogP contribution in [0.15, 0.2) is 71.8 Å². The fraction of sp³-hybridized carbons (Fsp3) is 0.222. The number of carboxylic acid groups (broad SMARTS) is 1. The standard InChI is InChI=1S/C27H25ClN2O3/c1-17-6-8-19(9-7-17)24-16-23(29-30(24)25(31)14-15-26(32)33)22-5-3-4-18(2)27(22)20-10-12-21(28)13-11-20/h3-13,24H,14-16H2,1-2H3,(H,32,33). The van der Waals surface area contributed by atoms with Gasteiger partial charge in [0.15, 0.2) is 0 Å². The van der Waals surface area contributed by atoms with Crippen molar-refractivity contribution in [2.45, 2.75) is 39.2 Å². The zero-order chi connectivity index (χ0) is 23.5. The highest BCUT2D eigenvalue weighted by atomic mass is 35.5. The van der Waals surface area contributed by atoms with Crippen LogP contribution in [0.2, 0.25) is 5.02 Å². The molecular formula is C27H25ClN2O3. The molecule has 1 heterocycles. The number of nitrogens with zero attached hydrogens (tertiary/aromatic N) is 2. The Morgan fingerprint density at radius 2 is 1.70 bits per heavy atom. The van der Waals surface area contributed by atoms with E-state index in [-0.39, 0.29) is 24.8 Å². The lowest BCUT2D eigenvalue weighted by atomic mass is 9.90. The van der Waals surface area contributed by atoms with E-state index in [1.165, 1.54) is 5.01 Å². The third-order valence-electron chi connectivity index (χ3n) is 5.90.